The lowest BCUT2D eigenvalue weighted by molar-refractivity contribution is -0.147. The number of carbonyl (C=O) groups is 2. The van der Waals surface area contributed by atoms with Crippen molar-refractivity contribution in [2.45, 2.75) is 39.0 Å². The van der Waals surface area contributed by atoms with Gasteiger partial charge in [0.25, 0.3) is 10.1 Å². The van der Waals surface area contributed by atoms with Gasteiger partial charge in [0.2, 0.25) is 0 Å². The molecule has 4 aliphatic rings. The SMILES string of the molecule is CCC12CCC1/C(=C\c1ccc(/C=C3/C(=O)C4(CS(=O)(=O)O)CCC34)cc1)C2=O. The molecule has 1 aromatic rings. The van der Waals surface area contributed by atoms with Gasteiger partial charge in [-0.15, -0.1) is 0 Å². The Kier molecular flexibility index (Phi) is 3.91. The molecule has 4 atom stereocenters. The molecule has 4 unspecified atom stereocenters. The van der Waals surface area contributed by atoms with Gasteiger partial charge >= 0.3 is 0 Å². The summed E-state index contributed by atoms with van der Waals surface area (Å²) in [6.45, 7) is 2.09. The first-order valence-electron chi connectivity index (χ1n) is 10.3. The maximum absolute atomic E-state index is 12.6. The Balaban J connectivity index is 1.32. The quantitative estimate of drug-likeness (QED) is 0.588. The third-order valence-corrected chi connectivity index (χ3v) is 8.80. The second kappa shape index (κ2) is 5.99. The molecule has 0 amide bonds. The maximum atomic E-state index is 12.6. The summed E-state index contributed by atoms with van der Waals surface area (Å²) < 4.78 is 31.6. The Morgan fingerprint density at radius 1 is 0.931 bits per heavy atom. The van der Waals surface area contributed by atoms with Crippen LogP contribution >= 0.6 is 0 Å². The minimum absolute atomic E-state index is 0.0713. The average molecular weight is 413 g/mol. The van der Waals surface area contributed by atoms with Gasteiger partial charge in [0, 0.05) is 28.4 Å². The average Bonchev–Trinajstić information content (AvgIpc) is 2.64. The monoisotopic (exact) mass is 412 g/mol. The van der Waals surface area contributed by atoms with Crippen LogP contribution in [-0.4, -0.2) is 30.3 Å². The molecule has 0 heterocycles. The highest BCUT2D eigenvalue weighted by Crippen LogP contribution is 2.64. The highest BCUT2D eigenvalue weighted by atomic mass is 32.2. The van der Waals surface area contributed by atoms with Crippen molar-refractivity contribution in [2.75, 3.05) is 5.75 Å². The number of benzene rings is 1. The Morgan fingerprint density at radius 2 is 1.38 bits per heavy atom. The van der Waals surface area contributed by atoms with Gasteiger partial charge in [-0.3, -0.25) is 14.1 Å². The first-order valence-corrected chi connectivity index (χ1v) is 11.9. The lowest BCUT2D eigenvalue weighted by Gasteiger charge is -2.58. The standard InChI is InChI=1S/C23H24O5S/c1-2-22-9-7-18(22)16(20(22)24)11-14-3-5-15(6-4-14)12-17-19-8-10-23(19,21(17)25)13-29(26,27)28/h3-6,11-12,18-19H,2,7-10,13H2,1H3,(H,26,27,28)/b16-11+,17-12+. The van der Waals surface area contributed by atoms with Crippen molar-refractivity contribution in [3.05, 3.63) is 46.5 Å². The molecule has 4 saturated carbocycles. The van der Waals surface area contributed by atoms with Gasteiger partial charge in [-0.2, -0.15) is 8.42 Å². The number of ketones is 2. The van der Waals surface area contributed by atoms with Crippen LogP contribution in [0.3, 0.4) is 0 Å². The summed E-state index contributed by atoms with van der Waals surface area (Å²) in [4.78, 5) is 25.1. The zero-order valence-electron chi connectivity index (χ0n) is 16.3. The summed E-state index contributed by atoms with van der Waals surface area (Å²) in [7, 11) is -4.16. The molecule has 5 nitrogen and oxygen atoms in total. The van der Waals surface area contributed by atoms with E-state index in [-0.39, 0.29) is 17.1 Å². The molecular formula is C23H24O5S. The topological polar surface area (TPSA) is 88.5 Å². The minimum Gasteiger partial charge on any atom is -0.294 e. The van der Waals surface area contributed by atoms with Crippen LogP contribution in [0.1, 0.15) is 50.2 Å². The first kappa shape index (κ1) is 18.9. The number of allylic oxidation sites excluding steroid dienone is 2. The van der Waals surface area contributed by atoms with E-state index in [2.05, 4.69) is 6.92 Å². The molecular weight excluding hydrogens is 388 g/mol. The fraction of sp³-hybridized carbons (Fsp3) is 0.478. The van der Waals surface area contributed by atoms with Gasteiger partial charge in [-0.25, -0.2) is 0 Å². The van der Waals surface area contributed by atoms with Crippen LogP contribution in [0.4, 0.5) is 0 Å². The lowest BCUT2D eigenvalue weighted by Crippen LogP contribution is -2.62. The molecule has 1 aromatic carbocycles. The van der Waals surface area contributed by atoms with Crippen molar-refractivity contribution in [2.24, 2.45) is 22.7 Å². The van der Waals surface area contributed by atoms with Gasteiger partial charge in [0.15, 0.2) is 11.6 Å². The summed E-state index contributed by atoms with van der Waals surface area (Å²) in [6, 6.07) is 7.75. The Hall–Kier alpha value is -2.05. The molecule has 0 aliphatic heterocycles. The zero-order chi connectivity index (χ0) is 20.6. The molecule has 0 spiro atoms. The number of Topliss-reactive ketones (excluding diaryl/α,β-unsaturated/α-hetero) is 2. The van der Waals surface area contributed by atoms with E-state index in [9.17, 15) is 18.0 Å². The Labute approximate surface area is 170 Å². The molecule has 29 heavy (non-hydrogen) atoms. The van der Waals surface area contributed by atoms with E-state index < -0.39 is 21.3 Å². The van der Waals surface area contributed by atoms with Crippen molar-refractivity contribution < 1.29 is 22.6 Å². The largest absolute Gasteiger partial charge is 0.294 e. The molecule has 152 valence electrons. The van der Waals surface area contributed by atoms with Crippen molar-refractivity contribution in [3.63, 3.8) is 0 Å². The lowest BCUT2D eigenvalue weighted by atomic mass is 9.43. The summed E-state index contributed by atoms with van der Waals surface area (Å²) in [5.74, 6) is 0.0270. The van der Waals surface area contributed by atoms with E-state index >= 15 is 0 Å². The number of rotatable bonds is 5. The molecule has 0 saturated heterocycles. The number of carbonyl (C=O) groups excluding carboxylic acids is 2. The second-order valence-electron chi connectivity index (χ2n) is 9.10. The van der Waals surface area contributed by atoms with Gasteiger partial charge in [0.1, 0.15) is 0 Å². The smallest absolute Gasteiger partial charge is 0.265 e. The van der Waals surface area contributed by atoms with Gasteiger partial charge in [-0.1, -0.05) is 31.2 Å². The maximum Gasteiger partial charge on any atom is 0.265 e. The van der Waals surface area contributed by atoms with Crippen molar-refractivity contribution >= 4 is 33.8 Å². The Morgan fingerprint density at radius 3 is 1.69 bits per heavy atom. The van der Waals surface area contributed by atoms with E-state index in [0.717, 1.165) is 42.4 Å². The highest BCUT2D eigenvalue weighted by molar-refractivity contribution is 7.85. The Bertz CT molecular complexity index is 1090. The normalized spacial score (nSPS) is 37.9. The summed E-state index contributed by atoms with van der Waals surface area (Å²) in [6.07, 6.45) is 8.17. The second-order valence-corrected chi connectivity index (χ2v) is 10.6. The highest BCUT2D eigenvalue weighted by Gasteiger charge is 2.65. The van der Waals surface area contributed by atoms with Crippen LogP contribution in [0.2, 0.25) is 0 Å². The minimum atomic E-state index is -4.16. The van der Waals surface area contributed by atoms with E-state index in [0.29, 0.717) is 23.7 Å². The fourth-order valence-electron chi connectivity index (χ4n) is 5.99. The van der Waals surface area contributed by atoms with Crippen LogP contribution in [-0.2, 0) is 19.7 Å². The third kappa shape index (κ3) is 2.51. The molecule has 0 radical (unpaired) electrons. The summed E-state index contributed by atoms with van der Waals surface area (Å²) in [5, 5.41) is 0. The van der Waals surface area contributed by atoms with Crippen molar-refractivity contribution in [3.8, 4) is 0 Å². The van der Waals surface area contributed by atoms with E-state index in [4.69, 9.17) is 4.55 Å². The van der Waals surface area contributed by atoms with Crippen LogP contribution in [0.5, 0.6) is 0 Å². The van der Waals surface area contributed by atoms with Crippen LogP contribution in [0.25, 0.3) is 12.2 Å². The first-order chi connectivity index (χ1) is 13.7. The molecule has 4 aliphatic carbocycles. The third-order valence-electron chi connectivity index (χ3n) is 7.92. The number of fused-ring (bicyclic) bond motifs is 2. The molecule has 1 N–H and O–H groups in total. The molecule has 5 rings (SSSR count). The van der Waals surface area contributed by atoms with Gasteiger partial charge < -0.3 is 0 Å². The van der Waals surface area contributed by atoms with E-state index in [1.807, 2.05) is 36.4 Å². The van der Waals surface area contributed by atoms with Crippen LogP contribution in [0, 0.1) is 22.7 Å². The van der Waals surface area contributed by atoms with Crippen LogP contribution in [0.15, 0.2) is 35.4 Å². The van der Waals surface area contributed by atoms with Crippen LogP contribution < -0.4 is 0 Å². The van der Waals surface area contributed by atoms with Crippen molar-refractivity contribution in [1.82, 2.24) is 0 Å². The summed E-state index contributed by atoms with van der Waals surface area (Å²) >= 11 is 0. The molecule has 0 aromatic heterocycles. The van der Waals surface area contributed by atoms with Gasteiger partial charge in [0.05, 0.1) is 11.2 Å². The predicted octanol–water partition coefficient (Wildman–Crippen LogP) is 3.71. The van der Waals surface area contributed by atoms with E-state index in [1.165, 1.54) is 0 Å². The number of hydrogen-bond donors (Lipinski definition) is 1. The molecule has 4 fully saturated rings. The molecule has 6 heteroatoms. The van der Waals surface area contributed by atoms with E-state index in [1.54, 1.807) is 0 Å². The summed E-state index contributed by atoms with van der Waals surface area (Å²) in [5.41, 5.74) is 2.50. The zero-order valence-corrected chi connectivity index (χ0v) is 17.2. The fourth-order valence-corrected chi connectivity index (χ4v) is 7.12. The van der Waals surface area contributed by atoms with Gasteiger partial charge in [-0.05, 0) is 55.4 Å². The predicted molar refractivity (Wildman–Crippen MR) is 109 cm³/mol. The number of hydrogen-bond acceptors (Lipinski definition) is 4. The molecule has 0 bridgehead atoms. The van der Waals surface area contributed by atoms with Crippen molar-refractivity contribution in [1.29, 1.82) is 0 Å².